The zero-order chi connectivity index (χ0) is 26.0. The lowest BCUT2D eigenvalue weighted by Crippen LogP contribution is -2.57. The fraction of sp³-hybridized carbons (Fsp3) is 0.500. The first-order valence-electron chi connectivity index (χ1n) is 11.7. The van der Waals surface area contributed by atoms with Gasteiger partial charge >= 0.3 is 5.97 Å². The van der Waals surface area contributed by atoms with E-state index in [0.29, 0.717) is 19.4 Å². The number of carboxylic acid groups (broad SMARTS) is 1. The number of hydrogen-bond acceptors (Lipinski definition) is 6. The van der Waals surface area contributed by atoms with Gasteiger partial charge in [-0.05, 0) is 43.4 Å². The molecule has 3 unspecified atom stereocenters. The van der Waals surface area contributed by atoms with Crippen LogP contribution < -0.4 is 27.4 Å². The largest absolute Gasteiger partial charge is 0.480 e. The Morgan fingerprint density at radius 1 is 1.00 bits per heavy atom. The molecular formula is C24H36N6O5. The first-order chi connectivity index (χ1) is 16.6. The van der Waals surface area contributed by atoms with E-state index in [0.717, 1.165) is 16.5 Å². The number of para-hydroxylation sites is 1. The summed E-state index contributed by atoms with van der Waals surface area (Å²) in [6.07, 6.45) is 3.40. The molecule has 2 rings (SSSR count). The first-order valence-corrected chi connectivity index (χ1v) is 11.7. The third-order valence-electron chi connectivity index (χ3n) is 5.75. The number of fused-ring (bicyclic) bond motifs is 1. The average molecular weight is 489 g/mol. The van der Waals surface area contributed by atoms with Gasteiger partial charge in [0.1, 0.15) is 18.6 Å². The third-order valence-corrected chi connectivity index (χ3v) is 5.75. The van der Waals surface area contributed by atoms with Gasteiger partial charge in [0.25, 0.3) is 0 Å². The Balaban J connectivity index is 2.25. The molecule has 0 spiro atoms. The number of carboxylic acids is 1. The molecule has 0 fully saturated rings. The Kier molecular flexibility index (Phi) is 10.7. The van der Waals surface area contributed by atoms with Crippen molar-refractivity contribution in [2.24, 2.45) is 17.4 Å². The molecule has 1 aromatic carbocycles. The molecule has 0 saturated heterocycles. The lowest BCUT2D eigenvalue weighted by molar-refractivity contribution is -0.138. The zero-order valence-electron chi connectivity index (χ0n) is 20.2. The fourth-order valence-corrected chi connectivity index (χ4v) is 3.62. The summed E-state index contributed by atoms with van der Waals surface area (Å²) in [7, 11) is 0. The van der Waals surface area contributed by atoms with Crippen LogP contribution in [0.1, 0.15) is 38.7 Å². The number of nitrogens with one attached hydrogen (secondary N) is 4. The maximum atomic E-state index is 13.3. The van der Waals surface area contributed by atoms with E-state index in [1.807, 2.05) is 24.3 Å². The van der Waals surface area contributed by atoms with Gasteiger partial charge in [0.2, 0.25) is 17.7 Å². The molecule has 0 radical (unpaired) electrons. The summed E-state index contributed by atoms with van der Waals surface area (Å²) < 4.78 is 0. The smallest absolute Gasteiger partial charge is 0.322 e. The summed E-state index contributed by atoms with van der Waals surface area (Å²) in [5.74, 6) is -3.00. The van der Waals surface area contributed by atoms with Gasteiger partial charge < -0.3 is 37.5 Å². The van der Waals surface area contributed by atoms with Gasteiger partial charge in [-0.3, -0.25) is 19.2 Å². The number of aliphatic carboxylic acids is 1. The molecule has 0 aliphatic heterocycles. The number of nitrogens with two attached hydrogens (primary N) is 2. The standard InChI is InChI=1S/C24H36N6O5/c1-14(2)21(26)24(35)30-19(11-15-12-27-17-8-4-3-7-16(15)17)23(34)29-18(9-5-6-10-25)22(33)28-13-20(31)32/h3-4,7-8,12,14,18-19,21,27H,5-6,9-11,13,25-26H2,1-2H3,(H,28,33)(H,29,34)(H,30,35)(H,31,32). The van der Waals surface area contributed by atoms with Crippen LogP contribution in [0, 0.1) is 5.92 Å². The second-order valence-corrected chi connectivity index (χ2v) is 8.85. The molecule has 11 heteroatoms. The van der Waals surface area contributed by atoms with Crippen LogP contribution in [0.15, 0.2) is 30.5 Å². The van der Waals surface area contributed by atoms with Crippen LogP contribution in [0.5, 0.6) is 0 Å². The molecule has 0 aliphatic carbocycles. The average Bonchev–Trinajstić information content (AvgIpc) is 3.23. The zero-order valence-corrected chi connectivity index (χ0v) is 20.2. The number of aromatic nitrogens is 1. The van der Waals surface area contributed by atoms with Crippen molar-refractivity contribution in [1.29, 1.82) is 0 Å². The van der Waals surface area contributed by atoms with Crippen LogP contribution in [-0.4, -0.2) is 65.0 Å². The van der Waals surface area contributed by atoms with Gasteiger partial charge in [0.15, 0.2) is 0 Å². The summed E-state index contributed by atoms with van der Waals surface area (Å²) in [6, 6.07) is 4.78. The minimum absolute atomic E-state index is 0.141. The summed E-state index contributed by atoms with van der Waals surface area (Å²) in [6.45, 7) is 3.46. The highest BCUT2D eigenvalue weighted by atomic mass is 16.4. The number of hydrogen-bond donors (Lipinski definition) is 7. The number of rotatable bonds is 14. The number of aromatic amines is 1. The van der Waals surface area contributed by atoms with Crippen molar-refractivity contribution < 1.29 is 24.3 Å². The molecular weight excluding hydrogens is 452 g/mol. The van der Waals surface area contributed by atoms with Crippen LogP contribution in [-0.2, 0) is 25.6 Å². The molecule has 0 saturated carbocycles. The monoisotopic (exact) mass is 488 g/mol. The Labute approximate surface area is 204 Å². The van der Waals surface area contributed by atoms with Crippen molar-refractivity contribution in [2.45, 2.75) is 57.7 Å². The van der Waals surface area contributed by atoms with Gasteiger partial charge in [-0.15, -0.1) is 0 Å². The van der Waals surface area contributed by atoms with E-state index >= 15 is 0 Å². The molecule has 3 amide bonds. The van der Waals surface area contributed by atoms with E-state index in [1.54, 1.807) is 20.0 Å². The third kappa shape index (κ3) is 8.37. The molecule has 35 heavy (non-hydrogen) atoms. The highest BCUT2D eigenvalue weighted by molar-refractivity contribution is 5.94. The van der Waals surface area contributed by atoms with Crippen LogP contribution in [0.2, 0.25) is 0 Å². The number of carbonyl (C=O) groups is 4. The molecule has 3 atom stereocenters. The molecule has 1 heterocycles. The van der Waals surface area contributed by atoms with Crippen LogP contribution >= 0.6 is 0 Å². The van der Waals surface area contributed by atoms with Crippen LogP contribution in [0.25, 0.3) is 10.9 Å². The Morgan fingerprint density at radius 3 is 2.34 bits per heavy atom. The van der Waals surface area contributed by atoms with Gasteiger partial charge in [-0.1, -0.05) is 32.0 Å². The number of amides is 3. The van der Waals surface area contributed by atoms with Crippen molar-refractivity contribution >= 4 is 34.6 Å². The van der Waals surface area contributed by atoms with Gasteiger partial charge in [-0.25, -0.2) is 0 Å². The fourth-order valence-electron chi connectivity index (χ4n) is 3.62. The van der Waals surface area contributed by atoms with Crippen molar-refractivity contribution in [1.82, 2.24) is 20.9 Å². The minimum atomic E-state index is -1.20. The predicted octanol–water partition coefficient (Wildman–Crippen LogP) is -0.00690. The highest BCUT2D eigenvalue weighted by Crippen LogP contribution is 2.19. The number of benzene rings is 1. The van der Waals surface area contributed by atoms with E-state index in [9.17, 15) is 19.2 Å². The molecule has 0 bridgehead atoms. The lowest BCUT2D eigenvalue weighted by Gasteiger charge is -2.25. The second kappa shape index (κ2) is 13.4. The Hall–Kier alpha value is -3.44. The van der Waals surface area contributed by atoms with Crippen molar-refractivity contribution in [2.75, 3.05) is 13.1 Å². The van der Waals surface area contributed by atoms with E-state index in [4.69, 9.17) is 16.6 Å². The maximum absolute atomic E-state index is 13.3. The van der Waals surface area contributed by atoms with Crippen molar-refractivity contribution in [3.63, 3.8) is 0 Å². The quantitative estimate of drug-likeness (QED) is 0.182. The Morgan fingerprint density at radius 2 is 1.69 bits per heavy atom. The van der Waals surface area contributed by atoms with Gasteiger partial charge in [0, 0.05) is 23.5 Å². The van der Waals surface area contributed by atoms with E-state index < -0.39 is 48.4 Å². The summed E-state index contributed by atoms with van der Waals surface area (Å²) >= 11 is 0. The van der Waals surface area contributed by atoms with Crippen molar-refractivity contribution in [3.05, 3.63) is 36.0 Å². The molecule has 192 valence electrons. The summed E-state index contributed by atoms with van der Waals surface area (Å²) in [4.78, 5) is 52.6. The van der Waals surface area contributed by atoms with Gasteiger partial charge in [-0.2, -0.15) is 0 Å². The number of H-pyrrole nitrogens is 1. The topological polar surface area (TPSA) is 192 Å². The second-order valence-electron chi connectivity index (χ2n) is 8.85. The molecule has 1 aromatic heterocycles. The summed E-state index contributed by atoms with van der Waals surface area (Å²) in [5.41, 5.74) is 13.2. The van der Waals surface area contributed by atoms with E-state index in [2.05, 4.69) is 20.9 Å². The first kappa shape index (κ1) is 27.8. The molecule has 0 aliphatic rings. The lowest BCUT2D eigenvalue weighted by atomic mass is 10.0. The molecule has 2 aromatic rings. The van der Waals surface area contributed by atoms with E-state index in [-0.39, 0.29) is 18.8 Å². The van der Waals surface area contributed by atoms with Gasteiger partial charge in [0.05, 0.1) is 6.04 Å². The maximum Gasteiger partial charge on any atom is 0.322 e. The predicted molar refractivity (Wildman–Crippen MR) is 132 cm³/mol. The normalized spacial score (nSPS) is 13.7. The van der Waals surface area contributed by atoms with E-state index in [1.165, 1.54) is 0 Å². The minimum Gasteiger partial charge on any atom is -0.480 e. The highest BCUT2D eigenvalue weighted by Gasteiger charge is 2.29. The van der Waals surface area contributed by atoms with Crippen LogP contribution in [0.3, 0.4) is 0 Å². The SMILES string of the molecule is CC(C)C(N)C(=O)NC(Cc1c[nH]c2ccccc12)C(=O)NC(CCCCN)C(=O)NCC(=O)O. The van der Waals surface area contributed by atoms with Crippen molar-refractivity contribution in [3.8, 4) is 0 Å². The Bertz CT molecular complexity index is 1020. The number of carbonyl (C=O) groups excluding carboxylic acids is 3. The molecule has 9 N–H and O–H groups in total. The molecule has 11 nitrogen and oxygen atoms in total. The summed E-state index contributed by atoms with van der Waals surface area (Å²) in [5, 5.41) is 17.5. The van der Waals surface area contributed by atoms with Crippen LogP contribution in [0.4, 0.5) is 0 Å². The number of unbranched alkanes of at least 4 members (excludes halogenated alkanes) is 1.